The van der Waals surface area contributed by atoms with Crippen LogP contribution in [0, 0.1) is 5.82 Å². The summed E-state index contributed by atoms with van der Waals surface area (Å²) in [7, 11) is -2.45. The average Bonchev–Trinajstić information content (AvgIpc) is 2.29. The van der Waals surface area contributed by atoms with Crippen molar-refractivity contribution >= 4 is 10.0 Å². The van der Waals surface area contributed by atoms with E-state index in [4.69, 9.17) is 14.6 Å². The highest BCUT2D eigenvalue weighted by molar-refractivity contribution is 7.89. The van der Waals surface area contributed by atoms with Crippen LogP contribution in [0.2, 0.25) is 0 Å². The molecule has 0 aliphatic rings. The monoisotopic (exact) mass is 291 g/mol. The van der Waals surface area contributed by atoms with Gasteiger partial charge in [0, 0.05) is 13.5 Å². The Balaban J connectivity index is 2.85. The molecule has 1 rings (SSSR count). The Morgan fingerprint density at radius 1 is 1.37 bits per heavy atom. The van der Waals surface area contributed by atoms with Crippen molar-refractivity contribution in [2.75, 3.05) is 13.7 Å². The molecule has 1 aromatic carbocycles. The van der Waals surface area contributed by atoms with Crippen LogP contribution in [0.1, 0.15) is 20.3 Å². The number of halogens is 1. The van der Waals surface area contributed by atoms with E-state index in [0.717, 1.165) is 12.1 Å². The Labute approximate surface area is 112 Å². The highest BCUT2D eigenvalue weighted by Gasteiger charge is 2.19. The molecule has 0 saturated carbocycles. The zero-order chi connectivity index (χ0) is 14.7. The lowest BCUT2D eigenvalue weighted by molar-refractivity contribution is 0.00521. The lowest BCUT2D eigenvalue weighted by atomic mass is 10.1. The Morgan fingerprint density at radius 2 is 2.00 bits per heavy atom. The van der Waals surface area contributed by atoms with Crippen molar-refractivity contribution in [2.24, 2.45) is 5.14 Å². The largest absolute Gasteiger partial charge is 0.492 e. The molecule has 0 unspecified atom stereocenters. The van der Waals surface area contributed by atoms with Crippen LogP contribution in [0.3, 0.4) is 0 Å². The SMILES string of the molecule is COC(C)(C)CCOc1ccc(F)cc1S(N)(=O)=O. The van der Waals surface area contributed by atoms with Crippen LogP contribution in [0.25, 0.3) is 0 Å². The summed E-state index contributed by atoms with van der Waals surface area (Å²) in [4.78, 5) is -0.359. The molecule has 5 nitrogen and oxygen atoms in total. The lowest BCUT2D eigenvalue weighted by Gasteiger charge is -2.22. The third kappa shape index (κ3) is 4.77. The molecule has 0 amide bonds. The number of rotatable bonds is 6. The summed E-state index contributed by atoms with van der Waals surface area (Å²) in [5.74, 6) is -0.649. The molecular weight excluding hydrogens is 273 g/mol. The molecule has 0 aliphatic heterocycles. The molecular formula is C12H18FNO4S. The summed E-state index contributed by atoms with van der Waals surface area (Å²) < 4.78 is 46.3. The zero-order valence-electron chi connectivity index (χ0n) is 11.1. The number of ether oxygens (including phenoxy) is 2. The summed E-state index contributed by atoms with van der Waals surface area (Å²) >= 11 is 0. The van der Waals surface area contributed by atoms with Gasteiger partial charge in [0.25, 0.3) is 0 Å². The van der Waals surface area contributed by atoms with Crippen LogP contribution in [0.5, 0.6) is 5.75 Å². The van der Waals surface area contributed by atoms with Gasteiger partial charge in [-0.05, 0) is 32.0 Å². The number of nitrogens with two attached hydrogens (primary N) is 1. The summed E-state index contributed by atoms with van der Waals surface area (Å²) in [6.07, 6.45) is 0.547. The van der Waals surface area contributed by atoms with E-state index >= 15 is 0 Å². The molecule has 0 saturated heterocycles. The van der Waals surface area contributed by atoms with Gasteiger partial charge in [0.15, 0.2) is 0 Å². The van der Waals surface area contributed by atoms with E-state index in [2.05, 4.69) is 0 Å². The number of methoxy groups -OCH3 is 1. The maximum absolute atomic E-state index is 13.0. The highest BCUT2D eigenvalue weighted by atomic mass is 32.2. The van der Waals surface area contributed by atoms with Gasteiger partial charge in [0.2, 0.25) is 10.0 Å². The van der Waals surface area contributed by atoms with Crippen molar-refractivity contribution in [1.29, 1.82) is 0 Å². The van der Waals surface area contributed by atoms with E-state index in [1.165, 1.54) is 6.07 Å². The van der Waals surface area contributed by atoms with Crippen molar-refractivity contribution in [3.8, 4) is 5.75 Å². The van der Waals surface area contributed by atoms with E-state index in [0.29, 0.717) is 6.42 Å². The summed E-state index contributed by atoms with van der Waals surface area (Å²) in [5, 5.41) is 5.01. The van der Waals surface area contributed by atoms with Gasteiger partial charge in [-0.2, -0.15) is 0 Å². The topological polar surface area (TPSA) is 78.6 Å². The second-order valence-corrected chi connectivity index (χ2v) is 6.23. The first-order valence-corrected chi connectivity index (χ1v) is 7.21. The molecule has 108 valence electrons. The minimum absolute atomic E-state index is 0.0378. The van der Waals surface area contributed by atoms with E-state index < -0.39 is 15.8 Å². The third-order valence-corrected chi connectivity index (χ3v) is 3.66. The maximum atomic E-state index is 13.0. The van der Waals surface area contributed by atoms with Gasteiger partial charge in [-0.1, -0.05) is 0 Å². The number of hydrogen-bond donors (Lipinski definition) is 1. The fourth-order valence-electron chi connectivity index (χ4n) is 1.33. The van der Waals surface area contributed by atoms with Crippen LogP contribution in [0.15, 0.2) is 23.1 Å². The van der Waals surface area contributed by atoms with E-state index in [1.807, 2.05) is 13.8 Å². The second-order valence-electron chi connectivity index (χ2n) is 4.70. The first-order valence-electron chi connectivity index (χ1n) is 5.66. The Hall–Kier alpha value is -1.18. The predicted molar refractivity (Wildman–Crippen MR) is 69.0 cm³/mol. The predicted octanol–water partition coefficient (Wildman–Crippen LogP) is 1.67. The standard InChI is InChI=1S/C12H18FNO4S/c1-12(2,17-3)6-7-18-10-5-4-9(13)8-11(10)19(14,15)16/h4-5,8H,6-7H2,1-3H3,(H2,14,15,16). The summed E-state index contributed by atoms with van der Waals surface area (Å²) in [6, 6.07) is 3.20. The molecule has 0 radical (unpaired) electrons. The Kier molecular flexibility index (Phi) is 4.89. The average molecular weight is 291 g/mol. The smallest absolute Gasteiger partial charge is 0.241 e. The molecule has 0 bridgehead atoms. The van der Waals surface area contributed by atoms with Crippen molar-refractivity contribution in [3.63, 3.8) is 0 Å². The summed E-state index contributed by atoms with van der Waals surface area (Å²) in [5.41, 5.74) is -0.387. The molecule has 0 fully saturated rings. The third-order valence-electron chi connectivity index (χ3n) is 2.73. The zero-order valence-corrected chi connectivity index (χ0v) is 12.0. The molecule has 0 spiro atoms. The number of hydrogen-bond acceptors (Lipinski definition) is 4. The lowest BCUT2D eigenvalue weighted by Crippen LogP contribution is -2.25. The second kappa shape index (κ2) is 5.85. The Morgan fingerprint density at radius 3 is 2.53 bits per heavy atom. The minimum Gasteiger partial charge on any atom is -0.492 e. The first-order chi connectivity index (χ1) is 8.65. The van der Waals surface area contributed by atoms with Gasteiger partial charge in [0.05, 0.1) is 12.2 Å². The fourth-order valence-corrected chi connectivity index (χ4v) is 2.02. The van der Waals surface area contributed by atoms with E-state index in [9.17, 15) is 12.8 Å². The van der Waals surface area contributed by atoms with Crippen molar-refractivity contribution in [1.82, 2.24) is 0 Å². The number of sulfonamides is 1. The molecule has 0 heterocycles. The van der Waals surface area contributed by atoms with E-state index in [1.54, 1.807) is 7.11 Å². The van der Waals surface area contributed by atoms with Crippen LogP contribution < -0.4 is 9.88 Å². The van der Waals surface area contributed by atoms with Crippen molar-refractivity contribution in [3.05, 3.63) is 24.0 Å². The molecule has 19 heavy (non-hydrogen) atoms. The normalized spacial score (nSPS) is 12.5. The van der Waals surface area contributed by atoms with Crippen LogP contribution >= 0.6 is 0 Å². The summed E-state index contributed by atoms with van der Waals surface area (Å²) in [6.45, 7) is 3.98. The molecule has 7 heteroatoms. The van der Waals surface area contributed by atoms with Crippen molar-refractivity contribution < 1.29 is 22.3 Å². The van der Waals surface area contributed by atoms with E-state index in [-0.39, 0.29) is 22.9 Å². The molecule has 1 aromatic rings. The molecule has 2 N–H and O–H groups in total. The highest BCUT2D eigenvalue weighted by Crippen LogP contribution is 2.24. The van der Waals surface area contributed by atoms with Gasteiger partial charge < -0.3 is 9.47 Å². The van der Waals surface area contributed by atoms with Gasteiger partial charge in [-0.15, -0.1) is 0 Å². The number of primary sulfonamides is 1. The van der Waals surface area contributed by atoms with Gasteiger partial charge >= 0.3 is 0 Å². The minimum atomic E-state index is -4.02. The van der Waals surface area contributed by atoms with Crippen LogP contribution in [0.4, 0.5) is 4.39 Å². The van der Waals surface area contributed by atoms with Gasteiger partial charge in [0.1, 0.15) is 16.5 Å². The van der Waals surface area contributed by atoms with Crippen molar-refractivity contribution in [2.45, 2.75) is 30.8 Å². The quantitative estimate of drug-likeness (QED) is 0.864. The molecule has 0 aliphatic carbocycles. The first kappa shape index (κ1) is 15.9. The molecule has 0 atom stereocenters. The number of benzene rings is 1. The maximum Gasteiger partial charge on any atom is 0.241 e. The van der Waals surface area contributed by atoms with Gasteiger partial charge in [-0.25, -0.2) is 17.9 Å². The van der Waals surface area contributed by atoms with Crippen LogP contribution in [-0.4, -0.2) is 27.7 Å². The van der Waals surface area contributed by atoms with Gasteiger partial charge in [-0.3, -0.25) is 0 Å². The van der Waals surface area contributed by atoms with Crippen LogP contribution in [-0.2, 0) is 14.8 Å². The fraction of sp³-hybridized carbons (Fsp3) is 0.500. The molecule has 0 aromatic heterocycles. The Bertz CT molecular complexity index is 543.